The molecule has 0 saturated carbocycles. The fourth-order valence-corrected chi connectivity index (χ4v) is 2.60. The number of aryl methyl sites for hydroxylation is 1. The van der Waals surface area contributed by atoms with E-state index in [0.29, 0.717) is 24.3 Å². The number of hydrogen-bond acceptors (Lipinski definition) is 4. The average molecular weight is 345 g/mol. The molecule has 0 saturated heterocycles. The quantitative estimate of drug-likeness (QED) is 0.802. The normalized spacial score (nSPS) is 10.8. The van der Waals surface area contributed by atoms with Crippen LogP contribution >= 0.6 is 0 Å². The third kappa shape index (κ3) is 4.37. The highest BCUT2D eigenvalue weighted by molar-refractivity contribution is 5.95. The van der Waals surface area contributed by atoms with Gasteiger partial charge in [-0.15, -0.1) is 0 Å². The number of carboxylic acid groups (broad SMARTS) is 1. The number of amides is 1. The summed E-state index contributed by atoms with van der Waals surface area (Å²) in [5.74, 6) is -0.516. The zero-order valence-electron chi connectivity index (χ0n) is 14.9. The molecule has 0 unspecified atom stereocenters. The highest BCUT2D eigenvalue weighted by Crippen LogP contribution is 2.21. The van der Waals surface area contributed by atoms with Crippen LogP contribution in [0.25, 0.3) is 0 Å². The highest BCUT2D eigenvalue weighted by atomic mass is 16.5. The van der Waals surface area contributed by atoms with E-state index in [1.54, 1.807) is 24.0 Å². The molecule has 0 aliphatic heterocycles. The molecule has 2 aromatic rings. The Hall–Kier alpha value is -2.83. The molecule has 0 fully saturated rings. The van der Waals surface area contributed by atoms with Crippen molar-refractivity contribution in [3.8, 4) is 5.75 Å². The minimum atomic E-state index is -1.00. The van der Waals surface area contributed by atoms with Crippen molar-refractivity contribution in [2.75, 3.05) is 13.7 Å². The fourth-order valence-electron chi connectivity index (χ4n) is 2.60. The second-order valence-corrected chi connectivity index (χ2v) is 6.09. The van der Waals surface area contributed by atoms with E-state index in [4.69, 9.17) is 9.84 Å². The number of carboxylic acids is 1. The summed E-state index contributed by atoms with van der Waals surface area (Å²) in [7, 11) is 3.28. The Morgan fingerprint density at radius 1 is 1.36 bits per heavy atom. The van der Waals surface area contributed by atoms with Crippen LogP contribution in [0.15, 0.2) is 24.4 Å². The predicted octanol–water partition coefficient (Wildman–Crippen LogP) is 2.22. The van der Waals surface area contributed by atoms with E-state index in [0.717, 1.165) is 11.3 Å². The molecule has 0 atom stereocenters. The van der Waals surface area contributed by atoms with Gasteiger partial charge in [-0.3, -0.25) is 9.48 Å². The number of carbonyl (C=O) groups excluding carboxylic acids is 1. The number of nitrogens with zero attached hydrogens (tertiary/aromatic N) is 2. The minimum Gasteiger partial charge on any atom is -0.496 e. The standard InChI is InChI=1S/C18H23N3O4/c1-11(2)16-14(10-21(3)20-16)17(22)19-8-7-12-5-6-13(18(23)24)9-15(12)25-4/h5-6,9-11H,7-8H2,1-4H3,(H,19,22)(H,23,24). The van der Waals surface area contributed by atoms with Gasteiger partial charge in [-0.2, -0.15) is 5.10 Å². The SMILES string of the molecule is COc1cc(C(=O)O)ccc1CCNC(=O)c1cn(C)nc1C(C)C. The largest absolute Gasteiger partial charge is 0.496 e. The molecule has 0 aliphatic carbocycles. The molecule has 2 rings (SSSR count). The zero-order chi connectivity index (χ0) is 18.6. The summed E-state index contributed by atoms with van der Waals surface area (Å²) < 4.78 is 6.88. The fraction of sp³-hybridized carbons (Fsp3) is 0.389. The van der Waals surface area contributed by atoms with E-state index < -0.39 is 5.97 Å². The Labute approximate surface area is 146 Å². The summed E-state index contributed by atoms with van der Waals surface area (Å²) in [6.45, 7) is 4.40. The van der Waals surface area contributed by atoms with Gasteiger partial charge in [0.2, 0.25) is 0 Å². The van der Waals surface area contributed by atoms with Crippen molar-refractivity contribution < 1.29 is 19.4 Å². The van der Waals surface area contributed by atoms with Gasteiger partial charge < -0.3 is 15.2 Å². The highest BCUT2D eigenvalue weighted by Gasteiger charge is 2.18. The van der Waals surface area contributed by atoms with Crippen molar-refractivity contribution in [1.82, 2.24) is 15.1 Å². The van der Waals surface area contributed by atoms with Gasteiger partial charge in [0, 0.05) is 19.8 Å². The Kier molecular flexibility index (Phi) is 5.80. The molecule has 134 valence electrons. The summed E-state index contributed by atoms with van der Waals surface area (Å²) >= 11 is 0. The van der Waals surface area contributed by atoms with Gasteiger partial charge in [0.1, 0.15) is 5.75 Å². The smallest absolute Gasteiger partial charge is 0.335 e. The molecule has 1 aromatic carbocycles. The number of rotatable bonds is 7. The summed E-state index contributed by atoms with van der Waals surface area (Å²) in [6, 6.07) is 4.72. The molecular weight excluding hydrogens is 322 g/mol. The van der Waals surface area contributed by atoms with Gasteiger partial charge in [0.25, 0.3) is 5.91 Å². The van der Waals surface area contributed by atoms with Crippen molar-refractivity contribution >= 4 is 11.9 Å². The second-order valence-electron chi connectivity index (χ2n) is 6.09. The zero-order valence-corrected chi connectivity index (χ0v) is 14.9. The van der Waals surface area contributed by atoms with E-state index >= 15 is 0 Å². The van der Waals surface area contributed by atoms with Gasteiger partial charge in [-0.05, 0) is 30.0 Å². The third-order valence-corrected chi connectivity index (χ3v) is 3.86. The topological polar surface area (TPSA) is 93.5 Å². The van der Waals surface area contributed by atoms with Crippen LogP contribution in [0.3, 0.4) is 0 Å². The second kappa shape index (κ2) is 7.83. The Balaban J connectivity index is 2.03. The molecule has 7 nitrogen and oxygen atoms in total. The maximum absolute atomic E-state index is 12.4. The summed E-state index contributed by atoms with van der Waals surface area (Å²) in [5, 5.41) is 16.2. The number of benzene rings is 1. The van der Waals surface area contributed by atoms with E-state index in [1.165, 1.54) is 19.2 Å². The molecule has 1 heterocycles. The number of ether oxygens (including phenoxy) is 1. The Morgan fingerprint density at radius 2 is 2.08 bits per heavy atom. The first-order chi connectivity index (χ1) is 11.8. The van der Waals surface area contributed by atoms with Crippen LogP contribution in [0.4, 0.5) is 0 Å². The first-order valence-corrected chi connectivity index (χ1v) is 8.05. The molecule has 0 aliphatic rings. The summed E-state index contributed by atoms with van der Waals surface area (Å²) in [4.78, 5) is 23.4. The lowest BCUT2D eigenvalue weighted by atomic mass is 10.1. The van der Waals surface area contributed by atoms with Crippen molar-refractivity contribution in [1.29, 1.82) is 0 Å². The van der Waals surface area contributed by atoms with E-state index in [9.17, 15) is 9.59 Å². The molecule has 0 spiro atoms. The van der Waals surface area contributed by atoms with Crippen LogP contribution in [0, 0.1) is 0 Å². The average Bonchev–Trinajstić information content (AvgIpc) is 2.97. The van der Waals surface area contributed by atoms with E-state index in [1.807, 2.05) is 13.8 Å². The van der Waals surface area contributed by atoms with Crippen molar-refractivity contribution in [3.05, 3.63) is 46.8 Å². The van der Waals surface area contributed by atoms with Gasteiger partial charge in [-0.25, -0.2) is 4.79 Å². The Bertz CT molecular complexity index is 781. The maximum atomic E-state index is 12.4. The first-order valence-electron chi connectivity index (χ1n) is 8.05. The van der Waals surface area contributed by atoms with Crippen LogP contribution in [-0.4, -0.2) is 40.4 Å². The molecule has 0 bridgehead atoms. The lowest BCUT2D eigenvalue weighted by Gasteiger charge is -2.11. The minimum absolute atomic E-state index is 0.158. The van der Waals surface area contributed by atoms with Gasteiger partial charge in [-0.1, -0.05) is 19.9 Å². The van der Waals surface area contributed by atoms with Gasteiger partial charge >= 0.3 is 5.97 Å². The van der Waals surface area contributed by atoms with Crippen LogP contribution in [0.5, 0.6) is 5.75 Å². The molecule has 1 amide bonds. The lowest BCUT2D eigenvalue weighted by Crippen LogP contribution is -2.26. The molecular formula is C18H23N3O4. The van der Waals surface area contributed by atoms with Crippen molar-refractivity contribution in [2.24, 2.45) is 7.05 Å². The number of methoxy groups -OCH3 is 1. The number of aromatic carboxylic acids is 1. The number of carbonyl (C=O) groups is 2. The Morgan fingerprint density at radius 3 is 2.68 bits per heavy atom. The first kappa shape index (κ1) is 18.5. The third-order valence-electron chi connectivity index (χ3n) is 3.86. The lowest BCUT2D eigenvalue weighted by molar-refractivity contribution is 0.0696. The number of nitrogens with one attached hydrogen (secondary N) is 1. The molecule has 7 heteroatoms. The molecule has 0 radical (unpaired) electrons. The molecule has 25 heavy (non-hydrogen) atoms. The predicted molar refractivity (Wildman–Crippen MR) is 93.3 cm³/mol. The van der Waals surface area contributed by atoms with Crippen LogP contribution < -0.4 is 10.1 Å². The number of aromatic nitrogens is 2. The molecule has 2 N–H and O–H groups in total. The van der Waals surface area contributed by atoms with Crippen LogP contribution in [-0.2, 0) is 13.5 Å². The van der Waals surface area contributed by atoms with Crippen molar-refractivity contribution in [3.63, 3.8) is 0 Å². The van der Waals surface area contributed by atoms with Crippen LogP contribution in [0.2, 0.25) is 0 Å². The summed E-state index contributed by atoms with van der Waals surface area (Å²) in [5.41, 5.74) is 2.35. The van der Waals surface area contributed by atoms with Gasteiger partial charge in [0.15, 0.2) is 0 Å². The van der Waals surface area contributed by atoms with Crippen LogP contribution in [0.1, 0.15) is 51.7 Å². The summed E-state index contributed by atoms with van der Waals surface area (Å²) in [6.07, 6.45) is 2.25. The van der Waals surface area contributed by atoms with Gasteiger partial charge in [0.05, 0.1) is 23.9 Å². The monoisotopic (exact) mass is 345 g/mol. The number of hydrogen-bond donors (Lipinski definition) is 2. The molecule has 1 aromatic heterocycles. The van der Waals surface area contributed by atoms with E-state index in [-0.39, 0.29) is 17.4 Å². The van der Waals surface area contributed by atoms with Crippen molar-refractivity contribution in [2.45, 2.75) is 26.2 Å². The maximum Gasteiger partial charge on any atom is 0.335 e. The van der Waals surface area contributed by atoms with E-state index in [2.05, 4.69) is 10.4 Å².